The molecule has 1 heterocycles. The van der Waals surface area contributed by atoms with Crippen molar-refractivity contribution in [3.63, 3.8) is 0 Å². The molecule has 1 aromatic heterocycles. The van der Waals surface area contributed by atoms with Gasteiger partial charge in [-0.25, -0.2) is 4.98 Å². The average Bonchev–Trinajstić information content (AvgIpc) is 2.13. The molecule has 0 atom stereocenters. The van der Waals surface area contributed by atoms with E-state index in [1.165, 1.54) is 4.88 Å². The fourth-order valence-corrected chi connectivity index (χ4v) is 1.43. The molecule has 0 fully saturated rings. The fraction of sp³-hybridized carbons (Fsp3) is 0.429. The topological polar surface area (TPSA) is 12.9 Å². The van der Waals surface area contributed by atoms with Crippen LogP contribution in [0, 0.1) is 20.3 Å². The van der Waals surface area contributed by atoms with Crippen molar-refractivity contribution in [3.05, 3.63) is 22.0 Å². The van der Waals surface area contributed by atoms with Gasteiger partial charge in [0, 0.05) is 11.3 Å². The standard InChI is InChI=1S/C7H10NS/c1-4-7-8-5(2)6(3)9-7/h4H,1-3H3. The van der Waals surface area contributed by atoms with Gasteiger partial charge in [-0.15, -0.1) is 11.3 Å². The molecule has 1 radical (unpaired) electrons. The van der Waals surface area contributed by atoms with Crippen LogP contribution in [-0.4, -0.2) is 4.98 Å². The molecule has 0 amide bonds. The maximum absolute atomic E-state index is 4.29. The van der Waals surface area contributed by atoms with Gasteiger partial charge >= 0.3 is 0 Å². The van der Waals surface area contributed by atoms with Crippen LogP contribution in [0.2, 0.25) is 0 Å². The average molecular weight is 140 g/mol. The third-order valence-electron chi connectivity index (χ3n) is 1.29. The van der Waals surface area contributed by atoms with Gasteiger partial charge in [-0.1, -0.05) is 6.92 Å². The van der Waals surface area contributed by atoms with Crippen molar-refractivity contribution < 1.29 is 0 Å². The van der Waals surface area contributed by atoms with Gasteiger partial charge in [0.2, 0.25) is 0 Å². The Labute approximate surface area is 59.8 Å². The smallest absolute Gasteiger partial charge is 0.0965 e. The van der Waals surface area contributed by atoms with Crippen LogP contribution in [0.1, 0.15) is 22.5 Å². The van der Waals surface area contributed by atoms with Crippen LogP contribution < -0.4 is 0 Å². The van der Waals surface area contributed by atoms with E-state index in [9.17, 15) is 0 Å². The number of aryl methyl sites for hydroxylation is 2. The van der Waals surface area contributed by atoms with Crippen LogP contribution >= 0.6 is 11.3 Å². The zero-order valence-electron chi connectivity index (χ0n) is 5.93. The maximum Gasteiger partial charge on any atom is 0.0965 e. The van der Waals surface area contributed by atoms with Crippen LogP contribution in [-0.2, 0) is 0 Å². The van der Waals surface area contributed by atoms with E-state index in [0.717, 1.165) is 10.7 Å². The summed E-state index contributed by atoms with van der Waals surface area (Å²) in [6, 6.07) is 0. The van der Waals surface area contributed by atoms with Crippen LogP contribution in [0.4, 0.5) is 0 Å². The Morgan fingerprint density at radius 3 is 2.33 bits per heavy atom. The minimum absolute atomic E-state index is 1.13. The summed E-state index contributed by atoms with van der Waals surface area (Å²) in [4.78, 5) is 5.61. The summed E-state index contributed by atoms with van der Waals surface area (Å²) in [5.41, 5.74) is 1.16. The number of aromatic nitrogens is 1. The second kappa shape index (κ2) is 2.48. The zero-order chi connectivity index (χ0) is 6.85. The van der Waals surface area contributed by atoms with Crippen molar-refractivity contribution in [2.24, 2.45) is 0 Å². The molecule has 9 heavy (non-hydrogen) atoms. The molecule has 1 rings (SSSR count). The van der Waals surface area contributed by atoms with E-state index in [1.807, 2.05) is 20.3 Å². The number of hydrogen-bond donors (Lipinski definition) is 0. The molecule has 0 spiro atoms. The minimum Gasteiger partial charge on any atom is -0.246 e. The van der Waals surface area contributed by atoms with Crippen molar-refractivity contribution in [2.45, 2.75) is 20.8 Å². The summed E-state index contributed by atoms with van der Waals surface area (Å²) >= 11 is 1.75. The second-order valence-corrected chi connectivity index (χ2v) is 3.22. The van der Waals surface area contributed by atoms with Crippen LogP contribution in [0.25, 0.3) is 0 Å². The summed E-state index contributed by atoms with van der Waals surface area (Å²) in [6.45, 7) is 6.15. The van der Waals surface area contributed by atoms with Gasteiger partial charge in [0.05, 0.1) is 10.7 Å². The minimum atomic E-state index is 1.13. The van der Waals surface area contributed by atoms with E-state index in [2.05, 4.69) is 11.9 Å². The molecule has 1 nitrogen and oxygen atoms in total. The summed E-state index contributed by atoms with van der Waals surface area (Å²) in [5.74, 6) is 0. The summed E-state index contributed by atoms with van der Waals surface area (Å²) in [7, 11) is 0. The summed E-state index contributed by atoms with van der Waals surface area (Å²) in [5, 5.41) is 1.13. The molecule has 0 saturated carbocycles. The van der Waals surface area contributed by atoms with Crippen LogP contribution in [0.15, 0.2) is 0 Å². The van der Waals surface area contributed by atoms with Crippen LogP contribution in [0.3, 0.4) is 0 Å². The lowest BCUT2D eigenvalue weighted by molar-refractivity contribution is 1.18. The summed E-state index contributed by atoms with van der Waals surface area (Å²) < 4.78 is 0. The van der Waals surface area contributed by atoms with Crippen molar-refractivity contribution in [3.8, 4) is 0 Å². The summed E-state index contributed by atoms with van der Waals surface area (Å²) in [6.07, 6.45) is 2.03. The molecular weight excluding hydrogens is 130 g/mol. The number of nitrogens with zero attached hydrogens (tertiary/aromatic N) is 1. The first kappa shape index (κ1) is 6.75. The second-order valence-electron chi connectivity index (χ2n) is 1.98. The Kier molecular flexibility index (Phi) is 1.86. The molecule has 1 aromatic rings. The number of hydrogen-bond acceptors (Lipinski definition) is 2. The molecule has 2 heteroatoms. The highest BCUT2D eigenvalue weighted by atomic mass is 32.1. The monoisotopic (exact) mass is 140 g/mol. The molecule has 0 aliphatic carbocycles. The Morgan fingerprint density at radius 2 is 2.11 bits per heavy atom. The van der Waals surface area contributed by atoms with Crippen LogP contribution in [0.5, 0.6) is 0 Å². The first-order chi connectivity index (χ1) is 4.24. The van der Waals surface area contributed by atoms with Gasteiger partial charge in [-0.2, -0.15) is 0 Å². The Balaban J connectivity index is 2.98. The molecule has 0 aliphatic heterocycles. The quantitative estimate of drug-likeness (QED) is 0.583. The Morgan fingerprint density at radius 1 is 1.44 bits per heavy atom. The number of thiazole rings is 1. The van der Waals surface area contributed by atoms with Crippen molar-refractivity contribution >= 4 is 11.3 Å². The highest BCUT2D eigenvalue weighted by Crippen LogP contribution is 2.16. The van der Waals surface area contributed by atoms with Gasteiger partial charge in [0.15, 0.2) is 0 Å². The van der Waals surface area contributed by atoms with Crippen molar-refractivity contribution in [1.29, 1.82) is 0 Å². The fourth-order valence-electron chi connectivity index (χ4n) is 0.621. The van der Waals surface area contributed by atoms with E-state index in [1.54, 1.807) is 11.3 Å². The normalized spacial score (nSPS) is 10.1. The maximum atomic E-state index is 4.29. The molecular formula is C7H10NS. The third kappa shape index (κ3) is 1.30. The van der Waals surface area contributed by atoms with E-state index in [4.69, 9.17) is 0 Å². The molecule has 0 unspecified atom stereocenters. The highest BCUT2D eigenvalue weighted by molar-refractivity contribution is 7.11. The lowest BCUT2D eigenvalue weighted by Gasteiger charge is -1.79. The van der Waals surface area contributed by atoms with Gasteiger partial charge in [-0.3, -0.25) is 0 Å². The van der Waals surface area contributed by atoms with E-state index in [0.29, 0.717) is 0 Å². The molecule has 49 valence electrons. The molecule has 0 aromatic carbocycles. The van der Waals surface area contributed by atoms with Gasteiger partial charge in [0.25, 0.3) is 0 Å². The van der Waals surface area contributed by atoms with Gasteiger partial charge in [0.1, 0.15) is 0 Å². The molecule has 0 N–H and O–H groups in total. The van der Waals surface area contributed by atoms with Crippen molar-refractivity contribution in [2.75, 3.05) is 0 Å². The lowest BCUT2D eigenvalue weighted by Crippen LogP contribution is -1.74. The predicted octanol–water partition coefficient (Wildman–Crippen LogP) is 2.33. The molecule has 0 aliphatic rings. The lowest BCUT2D eigenvalue weighted by atomic mass is 10.4. The van der Waals surface area contributed by atoms with E-state index in [-0.39, 0.29) is 0 Å². The molecule has 0 bridgehead atoms. The van der Waals surface area contributed by atoms with E-state index >= 15 is 0 Å². The number of rotatable bonds is 1. The first-order valence-electron chi connectivity index (χ1n) is 2.97. The first-order valence-corrected chi connectivity index (χ1v) is 3.79. The third-order valence-corrected chi connectivity index (χ3v) is 2.43. The largest absolute Gasteiger partial charge is 0.246 e. The molecule has 0 saturated heterocycles. The van der Waals surface area contributed by atoms with Gasteiger partial charge < -0.3 is 0 Å². The Bertz CT molecular complexity index is 183. The van der Waals surface area contributed by atoms with Gasteiger partial charge in [-0.05, 0) is 13.8 Å². The predicted molar refractivity (Wildman–Crippen MR) is 40.7 cm³/mol. The highest BCUT2D eigenvalue weighted by Gasteiger charge is 1.99. The Hall–Kier alpha value is -0.370. The SMILES string of the molecule is C[CH]c1nc(C)c(C)s1. The van der Waals surface area contributed by atoms with E-state index < -0.39 is 0 Å². The zero-order valence-corrected chi connectivity index (χ0v) is 6.75. The van der Waals surface area contributed by atoms with Crippen molar-refractivity contribution in [1.82, 2.24) is 4.98 Å².